The number of thioether (sulfide) groups is 1. The Morgan fingerprint density at radius 3 is 2.68 bits per heavy atom. The Morgan fingerprint density at radius 2 is 2.09 bits per heavy atom. The van der Waals surface area contributed by atoms with Gasteiger partial charge in [0.1, 0.15) is 0 Å². The van der Waals surface area contributed by atoms with Gasteiger partial charge in [-0.05, 0) is 24.3 Å². The van der Waals surface area contributed by atoms with E-state index in [0.29, 0.717) is 23.9 Å². The van der Waals surface area contributed by atoms with Crippen LogP contribution in [0.1, 0.15) is 10.6 Å². The normalized spacial score (nSPS) is 10.7. The first-order valence-corrected chi connectivity index (χ1v) is 8.24. The molecule has 0 fully saturated rings. The highest BCUT2D eigenvalue weighted by atomic mass is 35.5. The lowest BCUT2D eigenvalue weighted by Crippen LogP contribution is -2.36. The standard InChI is InChI=1S/C15H18ClN3O2S/c1-18-7-6-17-14(18)15(21)19(8-10-20)9-11-22-13-4-2-12(16)3-5-13/h2-7,20H,8-11H2,1H3. The average molecular weight is 340 g/mol. The fourth-order valence-corrected chi connectivity index (χ4v) is 2.96. The fourth-order valence-electron chi connectivity index (χ4n) is 1.95. The lowest BCUT2D eigenvalue weighted by atomic mass is 10.4. The van der Waals surface area contributed by atoms with Crippen molar-refractivity contribution in [2.75, 3.05) is 25.4 Å². The van der Waals surface area contributed by atoms with Gasteiger partial charge in [-0.15, -0.1) is 11.8 Å². The van der Waals surface area contributed by atoms with Gasteiger partial charge in [0.15, 0.2) is 5.82 Å². The van der Waals surface area contributed by atoms with Gasteiger partial charge in [0.2, 0.25) is 0 Å². The van der Waals surface area contributed by atoms with Crippen molar-refractivity contribution in [2.45, 2.75) is 4.90 Å². The van der Waals surface area contributed by atoms with E-state index in [2.05, 4.69) is 4.98 Å². The number of rotatable bonds is 7. The van der Waals surface area contributed by atoms with Gasteiger partial charge in [0.05, 0.1) is 6.61 Å². The number of hydrogen-bond acceptors (Lipinski definition) is 4. The first kappa shape index (κ1) is 16.9. The number of imidazole rings is 1. The molecule has 0 aliphatic rings. The van der Waals surface area contributed by atoms with E-state index in [9.17, 15) is 4.79 Å². The second-order valence-corrected chi connectivity index (χ2v) is 6.28. The zero-order valence-electron chi connectivity index (χ0n) is 12.3. The predicted molar refractivity (Wildman–Crippen MR) is 88.4 cm³/mol. The van der Waals surface area contributed by atoms with Crippen LogP contribution in [0.5, 0.6) is 0 Å². The van der Waals surface area contributed by atoms with Crippen molar-refractivity contribution in [1.82, 2.24) is 14.5 Å². The van der Waals surface area contributed by atoms with Gasteiger partial charge in [-0.25, -0.2) is 4.98 Å². The minimum Gasteiger partial charge on any atom is -0.395 e. The monoisotopic (exact) mass is 339 g/mol. The van der Waals surface area contributed by atoms with Crippen molar-refractivity contribution in [3.63, 3.8) is 0 Å². The first-order chi connectivity index (χ1) is 10.6. The SMILES string of the molecule is Cn1ccnc1C(=O)N(CCO)CCSc1ccc(Cl)cc1. The van der Waals surface area contributed by atoms with Crippen LogP contribution in [0.4, 0.5) is 0 Å². The Hall–Kier alpha value is -1.50. The summed E-state index contributed by atoms with van der Waals surface area (Å²) in [5.74, 6) is 0.945. The number of nitrogens with zero attached hydrogens (tertiary/aromatic N) is 3. The molecule has 0 unspecified atom stereocenters. The van der Waals surface area contributed by atoms with Crippen LogP contribution in [0.15, 0.2) is 41.6 Å². The van der Waals surface area contributed by atoms with Crippen LogP contribution >= 0.6 is 23.4 Å². The maximum atomic E-state index is 12.4. The molecule has 2 aromatic rings. The molecule has 0 saturated heterocycles. The van der Waals surface area contributed by atoms with E-state index < -0.39 is 0 Å². The summed E-state index contributed by atoms with van der Waals surface area (Å²) in [4.78, 5) is 19.2. The first-order valence-electron chi connectivity index (χ1n) is 6.87. The molecule has 22 heavy (non-hydrogen) atoms. The molecule has 118 valence electrons. The highest BCUT2D eigenvalue weighted by Gasteiger charge is 2.18. The predicted octanol–water partition coefficient (Wildman–Crippen LogP) is 2.30. The number of halogens is 1. The largest absolute Gasteiger partial charge is 0.395 e. The van der Waals surface area contributed by atoms with Crippen LogP contribution in [0.2, 0.25) is 5.02 Å². The fraction of sp³-hybridized carbons (Fsp3) is 0.333. The molecule has 0 saturated carbocycles. The highest BCUT2D eigenvalue weighted by Crippen LogP contribution is 2.20. The molecule has 2 rings (SSSR count). The van der Waals surface area contributed by atoms with Crippen molar-refractivity contribution < 1.29 is 9.90 Å². The van der Waals surface area contributed by atoms with E-state index in [1.165, 1.54) is 0 Å². The quantitative estimate of drug-likeness (QED) is 0.786. The van der Waals surface area contributed by atoms with Gasteiger partial charge in [0, 0.05) is 48.2 Å². The Bertz CT molecular complexity index is 616. The summed E-state index contributed by atoms with van der Waals surface area (Å²) in [6.07, 6.45) is 3.32. The molecule has 0 bridgehead atoms. The van der Waals surface area contributed by atoms with E-state index >= 15 is 0 Å². The van der Waals surface area contributed by atoms with Gasteiger partial charge in [-0.1, -0.05) is 11.6 Å². The van der Waals surface area contributed by atoms with Crippen molar-refractivity contribution >= 4 is 29.3 Å². The summed E-state index contributed by atoms with van der Waals surface area (Å²) in [6, 6.07) is 7.58. The summed E-state index contributed by atoms with van der Waals surface area (Å²) in [6.45, 7) is 0.772. The molecule has 0 radical (unpaired) electrons. The van der Waals surface area contributed by atoms with E-state index in [4.69, 9.17) is 16.7 Å². The Balaban J connectivity index is 1.93. The topological polar surface area (TPSA) is 58.4 Å². The van der Waals surface area contributed by atoms with E-state index in [0.717, 1.165) is 10.6 Å². The lowest BCUT2D eigenvalue weighted by Gasteiger charge is -2.21. The third kappa shape index (κ3) is 4.50. The molecule has 0 spiro atoms. The minimum atomic E-state index is -0.168. The Morgan fingerprint density at radius 1 is 1.36 bits per heavy atom. The maximum absolute atomic E-state index is 12.4. The molecule has 0 aliphatic heterocycles. The number of amides is 1. The minimum absolute atomic E-state index is 0.0677. The zero-order valence-corrected chi connectivity index (χ0v) is 13.8. The molecule has 1 amide bonds. The van der Waals surface area contributed by atoms with Crippen LogP contribution in [-0.4, -0.2) is 50.9 Å². The smallest absolute Gasteiger partial charge is 0.289 e. The molecule has 1 N–H and O–H groups in total. The summed E-state index contributed by atoms with van der Waals surface area (Å²) in [7, 11) is 1.78. The number of hydrogen-bond donors (Lipinski definition) is 1. The maximum Gasteiger partial charge on any atom is 0.289 e. The summed E-state index contributed by atoms with van der Waals surface area (Å²) >= 11 is 7.49. The molecule has 0 aliphatic carbocycles. The number of carbonyl (C=O) groups excluding carboxylic acids is 1. The summed E-state index contributed by atoms with van der Waals surface area (Å²) in [5.41, 5.74) is 0. The van der Waals surface area contributed by atoms with Gasteiger partial charge in [-0.2, -0.15) is 0 Å². The summed E-state index contributed by atoms with van der Waals surface area (Å²) < 4.78 is 1.68. The van der Waals surface area contributed by atoms with Crippen LogP contribution in [0.3, 0.4) is 0 Å². The zero-order chi connectivity index (χ0) is 15.9. The van der Waals surface area contributed by atoms with Crippen LogP contribution < -0.4 is 0 Å². The van der Waals surface area contributed by atoms with Gasteiger partial charge in [0.25, 0.3) is 5.91 Å². The third-order valence-corrected chi connectivity index (χ3v) is 4.36. The van der Waals surface area contributed by atoms with E-state index in [-0.39, 0.29) is 12.5 Å². The number of aliphatic hydroxyl groups is 1. The Kier molecular flexibility index (Phi) is 6.30. The van der Waals surface area contributed by atoms with Crippen molar-refractivity contribution in [2.24, 2.45) is 7.05 Å². The highest BCUT2D eigenvalue weighted by molar-refractivity contribution is 7.99. The molecule has 7 heteroatoms. The molecule has 1 aromatic heterocycles. The van der Waals surface area contributed by atoms with Crippen molar-refractivity contribution in [3.8, 4) is 0 Å². The molecule has 1 aromatic carbocycles. The van der Waals surface area contributed by atoms with Crippen LogP contribution in [-0.2, 0) is 7.05 Å². The van der Waals surface area contributed by atoms with E-state index in [1.54, 1.807) is 40.7 Å². The van der Waals surface area contributed by atoms with Crippen molar-refractivity contribution in [3.05, 3.63) is 47.5 Å². The number of carbonyl (C=O) groups is 1. The number of benzene rings is 1. The van der Waals surface area contributed by atoms with Crippen LogP contribution in [0.25, 0.3) is 0 Å². The Labute approximate surface area is 138 Å². The molecule has 5 nitrogen and oxygen atoms in total. The molecule has 0 atom stereocenters. The van der Waals surface area contributed by atoms with Gasteiger partial charge >= 0.3 is 0 Å². The number of aliphatic hydroxyl groups excluding tert-OH is 1. The van der Waals surface area contributed by atoms with Crippen molar-refractivity contribution in [1.29, 1.82) is 0 Å². The summed E-state index contributed by atoms with van der Waals surface area (Å²) in [5, 5.41) is 9.86. The number of aryl methyl sites for hydroxylation is 1. The third-order valence-electron chi connectivity index (χ3n) is 3.11. The molecular formula is C15H18ClN3O2S. The molecular weight excluding hydrogens is 322 g/mol. The lowest BCUT2D eigenvalue weighted by molar-refractivity contribution is 0.0718. The molecule has 1 heterocycles. The van der Waals surface area contributed by atoms with Gasteiger partial charge < -0.3 is 14.6 Å². The second kappa shape index (κ2) is 8.22. The van der Waals surface area contributed by atoms with Gasteiger partial charge in [-0.3, -0.25) is 4.79 Å². The average Bonchev–Trinajstić information content (AvgIpc) is 2.94. The second-order valence-electron chi connectivity index (χ2n) is 4.68. The van der Waals surface area contributed by atoms with E-state index in [1.807, 2.05) is 24.3 Å². The van der Waals surface area contributed by atoms with Crippen LogP contribution in [0, 0.1) is 0 Å². The number of aromatic nitrogens is 2.